The number of benzene rings is 2. The second-order valence-corrected chi connectivity index (χ2v) is 6.79. The van der Waals surface area contributed by atoms with Crippen LogP contribution in [0.5, 0.6) is 23.0 Å². The van der Waals surface area contributed by atoms with E-state index in [0.29, 0.717) is 23.7 Å². The van der Waals surface area contributed by atoms with Gasteiger partial charge >= 0.3 is 0 Å². The average Bonchev–Trinajstić information content (AvgIpc) is 2.67. The largest absolute Gasteiger partial charge is 0.504 e. The Morgan fingerprint density at radius 2 is 1.96 bits per heavy atom. The van der Waals surface area contributed by atoms with Crippen LogP contribution in [0, 0.1) is 0 Å². The molecule has 8 heteroatoms. The molecule has 1 atom stereocenters. The van der Waals surface area contributed by atoms with Gasteiger partial charge in [-0.3, -0.25) is 9.55 Å². The number of phenols is 1. The Balaban J connectivity index is 1.98. The molecule has 0 saturated carbocycles. The SMILES string of the molecule is COc1ccc(C[C@@H](CSC)N=CCOc2ccccc2O)cc1OSO. The van der Waals surface area contributed by atoms with E-state index in [1.807, 2.05) is 24.5 Å². The van der Waals surface area contributed by atoms with Crippen molar-refractivity contribution < 1.29 is 23.3 Å². The molecule has 0 spiro atoms. The molecule has 0 aliphatic heterocycles. The first-order valence-electron chi connectivity index (χ1n) is 8.24. The number of aromatic hydroxyl groups is 1. The van der Waals surface area contributed by atoms with Crippen molar-refractivity contribution in [3.8, 4) is 23.0 Å². The molecule has 27 heavy (non-hydrogen) atoms. The lowest BCUT2D eigenvalue weighted by Crippen LogP contribution is -2.13. The van der Waals surface area contributed by atoms with Crippen LogP contribution in [0.2, 0.25) is 0 Å². The van der Waals surface area contributed by atoms with Crippen LogP contribution in [0.15, 0.2) is 47.5 Å². The number of aliphatic imine (C=N–C) groups is 1. The minimum absolute atomic E-state index is 0.0657. The van der Waals surface area contributed by atoms with Crippen molar-refractivity contribution in [1.82, 2.24) is 0 Å². The Hall–Kier alpha value is -2.03. The van der Waals surface area contributed by atoms with Gasteiger partial charge < -0.3 is 18.8 Å². The second kappa shape index (κ2) is 11.6. The Morgan fingerprint density at radius 3 is 2.67 bits per heavy atom. The van der Waals surface area contributed by atoms with Gasteiger partial charge in [-0.2, -0.15) is 11.8 Å². The number of hydrogen-bond donors (Lipinski definition) is 2. The molecular formula is C19H23NO5S2. The smallest absolute Gasteiger partial charge is 0.222 e. The number of phenolic OH excluding ortho intramolecular Hbond substituents is 1. The first-order valence-corrected chi connectivity index (χ1v) is 10.3. The van der Waals surface area contributed by atoms with Gasteiger partial charge in [0.25, 0.3) is 0 Å². The fourth-order valence-corrected chi connectivity index (χ4v) is 3.27. The molecule has 2 rings (SSSR count). The lowest BCUT2D eigenvalue weighted by molar-refractivity contribution is 0.349. The van der Waals surface area contributed by atoms with E-state index in [4.69, 9.17) is 18.2 Å². The molecule has 2 aromatic carbocycles. The molecule has 0 aliphatic carbocycles. The second-order valence-electron chi connectivity index (χ2n) is 5.57. The van der Waals surface area contributed by atoms with E-state index in [1.54, 1.807) is 49.4 Å². The minimum atomic E-state index is 0.0657. The van der Waals surface area contributed by atoms with E-state index in [1.165, 1.54) is 0 Å². The number of thioether (sulfide) groups is 1. The highest BCUT2D eigenvalue weighted by atomic mass is 32.2. The Morgan fingerprint density at radius 1 is 1.15 bits per heavy atom. The first-order chi connectivity index (χ1) is 13.2. The van der Waals surface area contributed by atoms with Gasteiger partial charge in [0.05, 0.1) is 13.2 Å². The van der Waals surface area contributed by atoms with E-state index in [-0.39, 0.29) is 30.7 Å². The fourth-order valence-electron chi connectivity index (χ4n) is 2.47. The summed E-state index contributed by atoms with van der Waals surface area (Å²) in [6.07, 6.45) is 4.47. The normalized spacial score (nSPS) is 12.1. The molecule has 0 fully saturated rings. The molecule has 0 unspecified atom stereocenters. The van der Waals surface area contributed by atoms with Crippen LogP contribution in [0.4, 0.5) is 0 Å². The Bertz CT molecular complexity index is 742. The van der Waals surface area contributed by atoms with Crippen LogP contribution in [0.1, 0.15) is 5.56 Å². The van der Waals surface area contributed by atoms with Crippen molar-refractivity contribution in [3.05, 3.63) is 48.0 Å². The maximum absolute atomic E-state index is 9.70. The zero-order valence-corrected chi connectivity index (χ0v) is 16.8. The molecule has 146 valence electrons. The van der Waals surface area contributed by atoms with Crippen LogP contribution < -0.4 is 13.7 Å². The van der Waals surface area contributed by atoms with Gasteiger partial charge in [0, 0.05) is 12.0 Å². The lowest BCUT2D eigenvalue weighted by atomic mass is 10.1. The summed E-state index contributed by atoms with van der Waals surface area (Å²) in [4.78, 5) is 4.59. The van der Waals surface area contributed by atoms with Gasteiger partial charge in [-0.15, -0.1) is 0 Å². The van der Waals surface area contributed by atoms with Crippen molar-refractivity contribution in [3.63, 3.8) is 0 Å². The molecule has 0 aromatic heterocycles. The average molecular weight is 410 g/mol. The third kappa shape index (κ3) is 6.89. The molecule has 0 saturated heterocycles. The van der Waals surface area contributed by atoms with Crippen LogP contribution >= 0.6 is 24.1 Å². The Labute approximate surface area is 168 Å². The van der Waals surface area contributed by atoms with Gasteiger partial charge in [0.1, 0.15) is 6.61 Å². The van der Waals surface area contributed by atoms with E-state index in [2.05, 4.69) is 4.99 Å². The Kier molecular flexibility index (Phi) is 9.17. The topological polar surface area (TPSA) is 80.5 Å². The third-order valence-electron chi connectivity index (χ3n) is 3.68. The van der Waals surface area contributed by atoms with Crippen LogP contribution in [0.25, 0.3) is 0 Å². The van der Waals surface area contributed by atoms with Crippen molar-refractivity contribution in [2.75, 3.05) is 25.7 Å². The van der Waals surface area contributed by atoms with Crippen LogP contribution in [0.3, 0.4) is 0 Å². The summed E-state index contributed by atoms with van der Waals surface area (Å²) in [5.74, 6) is 2.42. The number of methoxy groups -OCH3 is 1. The molecule has 2 aromatic rings. The van der Waals surface area contributed by atoms with E-state index < -0.39 is 0 Å². The number of hydrogen-bond acceptors (Lipinski definition) is 8. The number of rotatable bonds is 11. The van der Waals surface area contributed by atoms with E-state index in [0.717, 1.165) is 11.3 Å². The summed E-state index contributed by atoms with van der Waals surface area (Å²) in [6.45, 7) is 0.278. The maximum atomic E-state index is 9.70. The first kappa shape index (κ1) is 21.3. The molecule has 2 N–H and O–H groups in total. The maximum Gasteiger partial charge on any atom is 0.222 e. The molecular weight excluding hydrogens is 386 g/mol. The highest BCUT2D eigenvalue weighted by molar-refractivity contribution is 7.98. The zero-order chi connectivity index (χ0) is 19.5. The predicted molar refractivity (Wildman–Crippen MR) is 112 cm³/mol. The third-order valence-corrected chi connectivity index (χ3v) is 4.65. The number of ether oxygens (including phenoxy) is 2. The summed E-state index contributed by atoms with van der Waals surface area (Å²) in [7, 11) is 1.55. The van der Waals surface area contributed by atoms with Gasteiger partial charge in [-0.05, 0) is 42.5 Å². The molecule has 0 bridgehead atoms. The summed E-state index contributed by atoms with van der Waals surface area (Å²) in [5.41, 5.74) is 1.03. The van der Waals surface area contributed by atoms with Crippen molar-refractivity contribution in [1.29, 1.82) is 0 Å². The zero-order valence-electron chi connectivity index (χ0n) is 15.2. The summed E-state index contributed by atoms with van der Waals surface area (Å²) < 4.78 is 24.8. The summed E-state index contributed by atoms with van der Waals surface area (Å²) >= 11 is 2.00. The van der Waals surface area contributed by atoms with Gasteiger partial charge in [-0.1, -0.05) is 18.2 Å². The predicted octanol–water partition coefficient (Wildman–Crippen LogP) is 4.32. The van der Waals surface area contributed by atoms with Crippen molar-refractivity contribution in [2.24, 2.45) is 4.99 Å². The standard InChI is InChI=1S/C19H23NO5S2/c1-23-18-8-7-14(12-19(18)25-27-22)11-15(13-26-2)20-9-10-24-17-6-4-3-5-16(17)21/h3-9,12,15,21-22H,10-11,13H2,1-2H3/t15-/m0/s1. The van der Waals surface area contributed by atoms with Gasteiger partial charge in [0.15, 0.2) is 23.0 Å². The molecule has 0 amide bonds. The number of para-hydroxylation sites is 2. The van der Waals surface area contributed by atoms with E-state index in [9.17, 15) is 5.11 Å². The van der Waals surface area contributed by atoms with Gasteiger partial charge in [-0.25, -0.2) is 0 Å². The highest BCUT2D eigenvalue weighted by Gasteiger charge is 2.11. The number of nitrogens with zero attached hydrogens (tertiary/aromatic N) is 1. The monoisotopic (exact) mass is 409 g/mol. The van der Waals surface area contributed by atoms with Crippen molar-refractivity contribution >= 4 is 30.3 Å². The van der Waals surface area contributed by atoms with E-state index >= 15 is 0 Å². The molecule has 0 heterocycles. The highest BCUT2D eigenvalue weighted by Crippen LogP contribution is 2.31. The lowest BCUT2D eigenvalue weighted by Gasteiger charge is -2.13. The summed E-state index contributed by atoms with van der Waals surface area (Å²) in [5, 5.41) is 9.70. The van der Waals surface area contributed by atoms with Crippen LogP contribution in [-0.2, 0) is 6.42 Å². The molecule has 0 aliphatic rings. The fraction of sp³-hybridized carbons (Fsp3) is 0.316. The molecule has 0 radical (unpaired) electrons. The molecule has 6 nitrogen and oxygen atoms in total. The van der Waals surface area contributed by atoms with Crippen molar-refractivity contribution in [2.45, 2.75) is 12.5 Å². The quantitative estimate of drug-likeness (QED) is 0.422. The summed E-state index contributed by atoms with van der Waals surface area (Å²) in [6, 6.07) is 12.5. The minimum Gasteiger partial charge on any atom is -0.504 e. The van der Waals surface area contributed by atoms with Crippen LogP contribution in [-0.4, -0.2) is 47.6 Å². The van der Waals surface area contributed by atoms with Gasteiger partial charge in [0.2, 0.25) is 12.3 Å².